The van der Waals surface area contributed by atoms with Crippen molar-refractivity contribution in [1.29, 1.82) is 0 Å². The van der Waals surface area contributed by atoms with E-state index in [1.807, 2.05) is 12.1 Å². The molecule has 0 aliphatic heterocycles. The molecular formula is C13H10ClNO3. The SMILES string of the molecule is O=[N+]([O-])c1ccc(-c2ccc(Cl)cc2)c(CO)c1. The van der Waals surface area contributed by atoms with Crippen molar-refractivity contribution in [2.75, 3.05) is 0 Å². The van der Waals surface area contributed by atoms with Gasteiger partial charge in [-0.2, -0.15) is 0 Å². The first-order valence-electron chi connectivity index (χ1n) is 5.26. The van der Waals surface area contributed by atoms with Gasteiger partial charge >= 0.3 is 0 Å². The highest BCUT2D eigenvalue weighted by Gasteiger charge is 2.11. The predicted molar refractivity (Wildman–Crippen MR) is 69.5 cm³/mol. The quantitative estimate of drug-likeness (QED) is 0.682. The summed E-state index contributed by atoms with van der Waals surface area (Å²) in [7, 11) is 0. The molecular weight excluding hydrogens is 254 g/mol. The molecule has 0 fully saturated rings. The van der Waals surface area contributed by atoms with Crippen molar-refractivity contribution in [3.63, 3.8) is 0 Å². The average Bonchev–Trinajstić information content (AvgIpc) is 2.39. The lowest BCUT2D eigenvalue weighted by Crippen LogP contribution is -1.94. The van der Waals surface area contributed by atoms with E-state index < -0.39 is 4.92 Å². The van der Waals surface area contributed by atoms with Crippen molar-refractivity contribution in [2.45, 2.75) is 6.61 Å². The summed E-state index contributed by atoms with van der Waals surface area (Å²) in [6, 6.07) is 11.5. The third-order valence-electron chi connectivity index (χ3n) is 2.63. The van der Waals surface area contributed by atoms with E-state index in [1.165, 1.54) is 12.1 Å². The molecule has 0 radical (unpaired) electrons. The van der Waals surface area contributed by atoms with Crippen LogP contribution in [0.4, 0.5) is 5.69 Å². The zero-order chi connectivity index (χ0) is 13.1. The molecule has 18 heavy (non-hydrogen) atoms. The molecule has 92 valence electrons. The van der Waals surface area contributed by atoms with E-state index in [4.69, 9.17) is 11.6 Å². The average molecular weight is 264 g/mol. The number of nitro benzene ring substituents is 1. The fourth-order valence-electron chi connectivity index (χ4n) is 1.74. The monoisotopic (exact) mass is 263 g/mol. The molecule has 2 rings (SSSR count). The molecule has 0 unspecified atom stereocenters. The summed E-state index contributed by atoms with van der Waals surface area (Å²) in [5.41, 5.74) is 2.11. The molecule has 0 bridgehead atoms. The van der Waals surface area contributed by atoms with Gasteiger partial charge in [-0.25, -0.2) is 0 Å². The van der Waals surface area contributed by atoms with Crippen LogP contribution in [0.25, 0.3) is 11.1 Å². The fraction of sp³-hybridized carbons (Fsp3) is 0.0769. The number of non-ortho nitro benzene ring substituents is 1. The number of nitro groups is 1. The standard InChI is InChI=1S/C13H10ClNO3/c14-11-3-1-9(2-4-11)13-6-5-12(15(17)18)7-10(13)8-16/h1-7,16H,8H2. The molecule has 0 aliphatic rings. The summed E-state index contributed by atoms with van der Waals surface area (Å²) in [6.07, 6.45) is 0. The van der Waals surface area contributed by atoms with Gasteiger partial charge in [-0.1, -0.05) is 23.7 Å². The van der Waals surface area contributed by atoms with Crippen LogP contribution in [-0.4, -0.2) is 10.0 Å². The Hall–Kier alpha value is -1.91. The zero-order valence-corrected chi connectivity index (χ0v) is 10.1. The number of rotatable bonds is 3. The largest absolute Gasteiger partial charge is 0.392 e. The third kappa shape index (κ3) is 2.50. The number of hydrogen-bond donors (Lipinski definition) is 1. The van der Waals surface area contributed by atoms with Gasteiger partial charge in [0.1, 0.15) is 0 Å². The minimum Gasteiger partial charge on any atom is -0.392 e. The smallest absolute Gasteiger partial charge is 0.269 e. The van der Waals surface area contributed by atoms with Crippen molar-refractivity contribution >= 4 is 17.3 Å². The summed E-state index contributed by atoms with van der Waals surface area (Å²) < 4.78 is 0. The van der Waals surface area contributed by atoms with Crippen LogP contribution in [0.15, 0.2) is 42.5 Å². The maximum absolute atomic E-state index is 10.7. The summed E-state index contributed by atoms with van der Waals surface area (Å²) in [5.74, 6) is 0. The fourth-order valence-corrected chi connectivity index (χ4v) is 1.86. The Bertz CT molecular complexity index is 581. The molecule has 0 aromatic heterocycles. The van der Waals surface area contributed by atoms with Crippen molar-refractivity contribution < 1.29 is 10.0 Å². The predicted octanol–water partition coefficient (Wildman–Crippen LogP) is 3.41. The van der Waals surface area contributed by atoms with E-state index in [2.05, 4.69) is 0 Å². The lowest BCUT2D eigenvalue weighted by molar-refractivity contribution is -0.384. The van der Waals surface area contributed by atoms with Crippen LogP contribution >= 0.6 is 11.6 Å². The Morgan fingerprint density at radius 3 is 2.39 bits per heavy atom. The topological polar surface area (TPSA) is 63.4 Å². The minimum absolute atomic E-state index is 0.0308. The maximum Gasteiger partial charge on any atom is 0.269 e. The third-order valence-corrected chi connectivity index (χ3v) is 2.88. The summed E-state index contributed by atoms with van der Waals surface area (Å²) >= 11 is 5.80. The van der Waals surface area contributed by atoms with E-state index >= 15 is 0 Å². The highest BCUT2D eigenvalue weighted by atomic mass is 35.5. The Morgan fingerprint density at radius 2 is 1.83 bits per heavy atom. The number of aliphatic hydroxyl groups is 1. The molecule has 0 saturated carbocycles. The lowest BCUT2D eigenvalue weighted by Gasteiger charge is -2.07. The van der Waals surface area contributed by atoms with Gasteiger partial charge in [0, 0.05) is 17.2 Å². The Morgan fingerprint density at radius 1 is 1.17 bits per heavy atom. The Kier molecular flexibility index (Phi) is 3.60. The second-order valence-corrected chi connectivity index (χ2v) is 4.20. The molecule has 5 heteroatoms. The number of benzene rings is 2. The van der Waals surface area contributed by atoms with Gasteiger partial charge in [-0.3, -0.25) is 10.1 Å². The van der Waals surface area contributed by atoms with Gasteiger partial charge in [0.2, 0.25) is 0 Å². The lowest BCUT2D eigenvalue weighted by atomic mass is 9.99. The minimum atomic E-state index is -0.481. The first-order chi connectivity index (χ1) is 8.61. The van der Waals surface area contributed by atoms with Crippen molar-refractivity contribution in [2.24, 2.45) is 0 Å². The highest BCUT2D eigenvalue weighted by molar-refractivity contribution is 6.30. The van der Waals surface area contributed by atoms with Gasteiger partial charge in [-0.15, -0.1) is 0 Å². The van der Waals surface area contributed by atoms with E-state index in [-0.39, 0.29) is 12.3 Å². The summed E-state index contributed by atoms with van der Waals surface area (Å²) in [4.78, 5) is 10.2. The number of hydrogen-bond acceptors (Lipinski definition) is 3. The first-order valence-corrected chi connectivity index (χ1v) is 5.63. The number of nitrogens with zero attached hydrogens (tertiary/aromatic N) is 1. The number of aliphatic hydroxyl groups excluding tert-OH is 1. The number of halogens is 1. The van der Waals surface area contributed by atoms with Crippen LogP contribution in [0.2, 0.25) is 5.02 Å². The zero-order valence-electron chi connectivity index (χ0n) is 9.34. The van der Waals surface area contributed by atoms with E-state index in [9.17, 15) is 15.2 Å². The Labute approximate surface area is 109 Å². The molecule has 1 N–H and O–H groups in total. The highest BCUT2D eigenvalue weighted by Crippen LogP contribution is 2.28. The van der Waals surface area contributed by atoms with Gasteiger partial charge < -0.3 is 5.11 Å². The normalized spacial score (nSPS) is 10.3. The van der Waals surface area contributed by atoms with Crippen LogP contribution in [-0.2, 0) is 6.61 Å². The molecule has 0 saturated heterocycles. The second-order valence-electron chi connectivity index (χ2n) is 3.76. The van der Waals surface area contributed by atoms with Crippen LogP contribution in [0, 0.1) is 10.1 Å². The molecule has 0 aliphatic carbocycles. The molecule has 0 heterocycles. The van der Waals surface area contributed by atoms with Crippen LogP contribution < -0.4 is 0 Å². The molecule has 2 aromatic carbocycles. The van der Waals surface area contributed by atoms with Gasteiger partial charge in [0.15, 0.2) is 0 Å². The van der Waals surface area contributed by atoms with Gasteiger partial charge in [0.25, 0.3) is 5.69 Å². The maximum atomic E-state index is 10.7. The molecule has 0 atom stereocenters. The van der Waals surface area contributed by atoms with Crippen molar-refractivity contribution in [1.82, 2.24) is 0 Å². The van der Waals surface area contributed by atoms with Gasteiger partial charge in [-0.05, 0) is 34.9 Å². The first kappa shape index (κ1) is 12.5. The summed E-state index contributed by atoms with van der Waals surface area (Å²) in [5, 5.41) is 20.6. The van der Waals surface area contributed by atoms with E-state index in [1.54, 1.807) is 18.2 Å². The van der Waals surface area contributed by atoms with Crippen molar-refractivity contribution in [3.05, 3.63) is 63.2 Å². The van der Waals surface area contributed by atoms with Crippen molar-refractivity contribution in [3.8, 4) is 11.1 Å². The molecule has 4 nitrogen and oxygen atoms in total. The second kappa shape index (κ2) is 5.16. The summed E-state index contributed by atoms with van der Waals surface area (Å²) in [6.45, 7) is -0.250. The van der Waals surface area contributed by atoms with E-state index in [0.717, 1.165) is 11.1 Å². The molecule has 2 aromatic rings. The van der Waals surface area contributed by atoms with E-state index in [0.29, 0.717) is 10.6 Å². The molecule has 0 amide bonds. The van der Waals surface area contributed by atoms with Crippen LogP contribution in [0.5, 0.6) is 0 Å². The van der Waals surface area contributed by atoms with Crippen LogP contribution in [0.1, 0.15) is 5.56 Å². The Balaban J connectivity index is 2.50. The van der Waals surface area contributed by atoms with Gasteiger partial charge in [0.05, 0.1) is 11.5 Å². The van der Waals surface area contributed by atoms with Crippen LogP contribution in [0.3, 0.4) is 0 Å². The molecule has 0 spiro atoms.